The molecule has 0 unspecified atom stereocenters. The van der Waals surface area contributed by atoms with E-state index in [1.165, 1.54) is 0 Å². The Hall–Kier alpha value is -3.58. The number of aromatic nitrogens is 2. The lowest BCUT2D eigenvalue weighted by molar-refractivity contribution is 0.0532. The SMILES string of the molecule is CCOC(=O)c1sc(NC(=O)c2ccnc3ccccc23)nc1-c1ccccc1. The summed E-state index contributed by atoms with van der Waals surface area (Å²) in [5, 5.41) is 3.89. The van der Waals surface area contributed by atoms with Crippen molar-refractivity contribution in [2.24, 2.45) is 0 Å². The smallest absolute Gasteiger partial charge is 0.350 e. The molecule has 0 saturated heterocycles. The minimum Gasteiger partial charge on any atom is -0.462 e. The summed E-state index contributed by atoms with van der Waals surface area (Å²) in [5.74, 6) is -0.772. The van der Waals surface area contributed by atoms with Gasteiger partial charge in [0.1, 0.15) is 4.88 Å². The number of hydrogen-bond acceptors (Lipinski definition) is 6. The normalized spacial score (nSPS) is 10.7. The summed E-state index contributed by atoms with van der Waals surface area (Å²) >= 11 is 1.10. The van der Waals surface area contributed by atoms with E-state index in [9.17, 15) is 9.59 Å². The van der Waals surface area contributed by atoms with Crippen molar-refractivity contribution in [2.45, 2.75) is 6.92 Å². The van der Waals surface area contributed by atoms with Crippen molar-refractivity contribution in [3.8, 4) is 11.3 Å². The van der Waals surface area contributed by atoms with Crippen LogP contribution in [0.1, 0.15) is 27.0 Å². The molecule has 7 heteroatoms. The molecule has 2 heterocycles. The maximum atomic E-state index is 12.9. The number of hydrogen-bond donors (Lipinski definition) is 1. The second kappa shape index (κ2) is 8.20. The fourth-order valence-corrected chi connectivity index (χ4v) is 3.84. The van der Waals surface area contributed by atoms with Crippen LogP contribution in [-0.2, 0) is 4.74 Å². The number of anilines is 1. The third-order valence-electron chi connectivity index (χ3n) is 4.25. The van der Waals surface area contributed by atoms with E-state index in [0.717, 1.165) is 27.8 Å². The highest BCUT2D eigenvalue weighted by Crippen LogP contribution is 2.32. The molecule has 29 heavy (non-hydrogen) atoms. The van der Waals surface area contributed by atoms with Gasteiger partial charge in [-0.15, -0.1) is 0 Å². The van der Waals surface area contributed by atoms with Gasteiger partial charge in [-0.25, -0.2) is 9.78 Å². The molecule has 4 aromatic rings. The van der Waals surface area contributed by atoms with Crippen LogP contribution in [0.4, 0.5) is 5.13 Å². The van der Waals surface area contributed by atoms with Crippen LogP contribution < -0.4 is 5.32 Å². The number of carbonyl (C=O) groups excluding carboxylic acids is 2. The van der Waals surface area contributed by atoms with E-state index in [-0.39, 0.29) is 12.5 Å². The number of esters is 1. The molecular formula is C22H17N3O3S. The first-order valence-electron chi connectivity index (χ1n) is 9.06. The van der Waals surface area contributed by atoms with Crippen LogP contribution in [0.5, 0.6) is 0 Å². The monoisotopic (exact) mass is 403 g/mol. The minimum atomic E-state index is -0.460. The van der Waals surface area contributed by atoms with Crippen molar-refractivity contribution in [1.29, 1.82) is 0 Å². The average Bonchev–Trinajstić information content (AvgIpc) is 3.18. The maximum Gasteiger partial charge on any atom is 0.350 e. The number of para-hydroxylation sites is 1. The number of nitrogens with one attached hydrogen (secondary N) is 1. The molecule has 144 valence electrons. The second-order valence-corrected chi connectivity index (χ2v) is 7.11. The summed E-state index contributed by atoms with van der Waals surface area (Å²) < 4.78 is 5.16. The van der Waals surface area contributed by atoms with Crippen molar-refractivity contribution in [3.63, 3.8) is 0 Å². The summed E-state index contributed by atoms with van der Waals surface area (Å²) in [4.78, 5) is 34.4. The molecule has 1 amide bonds. The molecule has 0 spiro atoms. The third-order valence-corrected chi connectivity index (χ3v) is 5.20. The van der Waals surface area contributed by atoms with E-state index >= 15 is 0 Å². The van der Waals surface area contributed by atoms with E-state index in [4.69, 9.17) is 4.74 Å². The molecule has 1 N–H and O–H groups in total. The van der Waals surface area contributed by atoms with Crippen LogP contribution >= 0.6 is 11.3 Å². The van der Waals surface area contributed by atoms with Gasteiger partial charge in [0.05, 0.1) is 23.4 Å². The number of pyridine rings is 1. The number of rotatable bonds is 5. The number of fused-ring (bicyclic) bond motifs is 1. The van der Waals surface area contributed by atoms with E-state index < -0.39 is 5.97 Å². The molecule has 2 aromatic carbocycles. The van der Waals surface area contributed by atoms with Crippen LogP contribution in [0, 0.1) is 0 Å². The maximum absolute atomic E-state index is 12.9. The third kappa shape index (κ3) is 3.86. The van der Waals surface area contributed by atoms with Gasteiger partial charge in [0.2, 0.25) is 0 Å². The van der Waals surface area contributed by atoms with Crippen molar-refractivity contribution in [3.05, 3.63) is 77.3 Å². The van der Waals surface area contributed by atoms with Crippen molar-refractivity contribution < 1.29 is 14.3 Å². The van der Waals surface area contributed by atoms with Gasteiger partial charge >= 0.3 is 5.97 Å². The second-order valence-electron chi connectivity index (χ2n) is 6.11. The molecule has 2 aromatic heterocycles. The molecule has 6 nitrogen and oxygen atoms in total. The number of carbonyl (C=O) groups is 2. The Morgan fingerprint density at radius 3 is 2.59 bits per heavy atom. The highest BCUT2D eigenvalue weighted by Gasteiger charge is 2.22. The Labute approximate surface area is 171 Å². The molecule has 0 atom stereocenters. The summed E-state index contributed by atoms with van der Waals surface area (Å²) in [7, 11) is 0. The zero-order chi connectivity index (χ0) is 20.2. The average molecular weight is 403 g/mol. The first-order chi connectivity index (χ1) is 14.2. The predicted molar refractivity (Wildman–Crippen MR) is 113 cm³/mol. The molecule has 0 bridgehead atoms. The lowest BCUT2D eigenvalue weighted by Crippen LogP contribution is -2.12. The lowest BCUT2D eigenvalue weighted by atomic mass is 10.1. The Balaban J connectivity index is 1.70. The number of amides is 1. The number of benzene rings is 2. The number of thiazole rings is 1. The standard InChI is InChI=1S/C22H17N3O3S/c1-2-28-21(27)19-18(14-8-4-3-5-9-14)24-22(29-19)25-20(26)16-12-13-23-17-11-7-6-10-15(16)17/h3-13H,2H2,1H3,(H,24,25,26). The first kappa shape index (κ1) is 18.8. The Morgan fingerprint density at radius 2 is 1.79 bits per heavy atom. The van der Waals surface area contributed by atoms with Crippen molar-refractivity contribution >= 4 is 39.2 Å². The minimum absolute atomic E-state index is 0.260. The van der Waals surface area contributed by atoms with E-state index in [2.05, 4.69) is 15.3 Å². The van der Waals surface area contributed by atoms with Gasteiger partial charge in [0.15, 0.2) is 5.13 Å². The quantitative estimate of drug-likeness (QED) is 0.485. The van der Waals surface area contributed by atoms with Gasteiger partial charge in [0.25, 0.3) is 5.91 Å². The highest BCUT2D eigenvalue weighted by molar-refractivity contribution is 7.18. The highest BCUT2D eigenvalue weighted by atomic mass is 32.1. The number of nitrogens with zero attached hydrogens (tertiary/aromatic N) is 2. The Bertz CT molecular complexity index is 1180. The zero-order valence-corrected chi connectivity index (χ0v) is 16.4. The molecule has 0 radical (unpaired) electrons. The molecule has 0 fully saturated rings. The van der Waals surface area contributed by atoms with Gasteiger partial charge in [-0.1, -0.05) is 59.9 Å². The summed E-state index contributed by atoms with van der Waals surface area (Å²) in [5.41, 5.74) is 2.49. The summed E-state index contributed by atoms with van der Waals surface area (Å²) in [6.45, 7) is 2.01. The van der Waals surface area contributed by atoms with Crippen LogP contribution in [0.25, 0.3) is 22.2 Å². The predicted octanol–water partition coefficient (Wildman–Crippen LogP) is 4.79. The van der Waals surface area contributed by atoms with Gasteiger partial charge in [-0.2, -0.15) is 0 Å². The zero-order valence-electron chi connectivity index (χ0n) is 15.6. The van der Waals surface area contributed by atoms with Crippen LogP contribution in [-0.4, -0.2) is 28.5 Å². The van der Waals surface area contributed by atoms with Crippen molar-refractivity contribution in [2.75, 3.05) is 11.9 Å². The first-order valence-corrected chi connectivity index (χ1v) is 9.87. The molecule has 0 aliphatic heterocycles. The molecule has 0 aliphatic rings. The van der Waals surface area contributed by atoms with Crippen molar-refractivity contribution in [1.82, 2.24) is 9.97 Å². The van der Waals surface area contributed by atoms with E-state index in [1.54, 1.807) is 19.2 Å². The fourth-order valence-electron chi connectivity index (χ4n) is 2.96. The Kier molecular flexibility index (Phi) is 5.31. The summed E-state index contributed by atoms with van der Waals surface area (Å²) in [6.07, 6.45) is 1.60. The van der Waals surface area contributed by atoms with Gasteiger partial charge in [-0.05, 0) is 19.1 Å². The molecule has 0 aliphatic carbocycles. The lowest BCUT2D eigenvalue weighted by Gasteiger charge is -2.05. The van der Waals surface area contributed by atoms with E-state index in [1.807, 2.05) is 54.6 Å². The number of ether oxygens (including phenoxy) is 1. The molecular weight excluding hydrogens is 386 g/mol. The van der Waals surface area contributed by atoms with E-state index in [0.29, 0.717) is 21.3 Å². The molecule has 0 saturated carbocycles. The van der Waals surface area contributed by atoms with Gasteiger partial charge in [0, 0.05) is 17.1 Å². The van der Waals surface area contributed by atoms with Crippen LogP contribution in [0.15, 0.2) is 66.9 Å². The fraction of sp³-hybridized carbons (Fsp3) is 0.0909. The Morgan fingerprint density at radius 1 is 1.03 bits per heavy atom. The molecule has 4 rings (SSSR count). The van der Waals surface area contributed by atoms with Crippen LogP contribution in [0.2, 0.25) is 0 Å². The summed E-state index contributed by atoms with van der Waals surface area (Å²) in [6, 6.07) is 18.4. The topological polar surface area (TPSA) is 81.2 Å². The van der Waals surface area contributed by atoms with Gasteiger partial charge < -0.3 is 4.74 Å². The van der Waals surface area contributed by atoms with Crippen LogP contribution in [0.3, 0.4) is 0 Å². The van der Waals surface area contributed by atoms with Gasteiger partial charge in [-0.3, -0.25) is 15.1 Å². The largest absolute Gasteiger partial charge is 0.462 e.